The van der Waals surface area contributed by atoms with E-state index in [9.17, 15) is 0 Å². The summed E-state index contributed by atoms with van der Waals surface area (Å²) >= 11 is 2.35. The molecule has 0 bridgehead atoms. The first-order valence-electron chi connectivity index (χ1n) is 6.35. The summed E-state index contributed by atoms with van der Waals surface area (Å²) in [4.78, 5) is 0. The van der Waals surface area contributed by atoms with E-state index in [0.717, 1.165) is 0 Å². The van der Waals surface area contributed by atoms with Crippen molar-refractivity contribution >= 4 is 22.6 Å². The Morgan fingerprint density at radius 3 is 2.24 bits per heavy atom. The molecule has 1 unspecified atom stereocenters. The van der Waals surface area contributed by atoms with Crippen LogP contribution in [0.1, 0.15) is 39.2 Å². The van der Waals surface area contributed by atoms with Gasteiger partial charge in [-0.15, -0.1) is 0 Å². The zero-order valence-corrected chi connectivity index (χ0v) is 13.5. The third kappa shape index (κ3) is 5.38. The van der Waals surface area contributed by atoms with Crippen molar-refractivity contribution in [1.82, 2.24) is 5.32 Å². The molecule has 0 amide bonds. The van der Waals surface area contributed by atoms with Gasteiger partial charge in [0.2, 0.25) is 0 Å². The second kappa shape index (κ2) is 6.74. The van der Waals surface area contributed by atoms with Crippen molar-refractivity contribution in [3.63, 3.8) is 0 Å². The van der Waals surface area contributed by atoms with E-state index in [1.807, 2.05) is 0 Å². The summed E-state index contributed by atoms with van der Waals surface area (Å²) in [6.45, 7) is 6.91. The molecule has 1 nitrogen and oxygen atoms in total. The first-order chi connectivity index (χ1) is 7.93. The summed E-state index contributed by atoms with van der Waals surface area (Å²) in [6.07, 6.45) is 3.68. The van der Waals surface area contributed by atoms with Crippen LogP contribution < -0.4 is 5.32 Å². The Bertz CT molecular complexity index is 324. The standard InChI is InChI=1S/C15H24IN/c1-15(2,3)14(17-4)7-5-6-12-8-10-13(16)11-9-12/h8-11,14,17H,5-7H2,1-4H3. The van der Waals surface area contributed by atoms with Gasteiger partial charge in [0, 0.05) is 9.61 Å². The fourth-order valence-electron chi connectivity index (χ4n) is 2.17. The molecular weight excluding hydrogens is 321 g/mol. The third-order valence-corrected chi connectivity index (χ3v) is 3.98. The van der Waals surface area contributed by atoms with Crippen molar-refractivity contribution in [2.45, 2.75) is 46.1 Å². The number of halogens is 1. The highest BCUT2D eigenvalue weighted by atomic mass is 127. The van der Waals surface area contributed by atoms with Gasteiger partial charge >= 0.3 is 0 Å². The molecule has 0 saturated heterocycles. The number of nitrogens with one attached hydrogen (secondary N) is 1. The van der Waals surface area contributed by atoms with E-state index in [4.69, 9.17) is 0 Å². The first-order valence-corrected chi connectivity index (χ1v) is 7.43. The molecule has 0 aliphatic heterocycles. The average molecular weight is 345 g/mol. The van der Waals surface area contributed by atoms with E-state index in [2.05, 4.69) is 80.0 Å². The van der Waals surface area contributed by atoms with Crippen LogP contribution in [0.2, 0.25) is 0 Å². The summed E-state index contributed by atoms with van der Waals surface area (Å²) < 4.78 is 1.31. The van der Waals surface area contributed by atoms with Gasteiger partial charge in [-0.05, 0) is 72.0 Å². The zero-order chi connectivity index (χ0) is 12.9. The maximum absolute atomic E-state index is 3.44. The Morgan fingerprint density at radius 1 is 1.18 bits per heavy atom. The molecule has 1 rings (SSSR count). The van der Waals surface area contributed by atoms with Crippen LogP contribution in [0.25, 0.3) is 0 Å². The maximum Gasteiger partial charge on any atom is 0.0130 e. The van der Waals surface area contributed by atoms with E-state index >= 15 is 0 Å². The highest BCUT2D eigenvalue weighted by Gasteiger charge is 2.21. The molecular formula is C15H24IN. The minimum absolute atomic E-state index is 0.348. The number of benzene rings is 1. The molecule has 17 heavy (non-hydrogen) atoms. The predicted octanol–water partition coefficient (Wildman–Crippen LogP) is 4.25. The molecule has 0 heterocycles. The van der Waals surface area contributed by atoms with Crippen LogP contribution in [0.4, 0.5) is 0 Å². The van der Waals surface area contributed by atoms with Crippen molar-refractivity contribution < 1.29 is 0 Å². The topological polar surface area (TPSA) is 12.0 Å². The normalized spacial score (nSPS) is 13.7. The zero-order valence-electron chi connectivity index (χ0n) is 11.4. The second-order valence-corrected chi connectivity index (χ2v) is 6.97. The summed E-state index contributed by atoms with van der Waals surface area (Å²) in [5.41, 5.74) is 1.80. The minimum atomic E-state index is 0.348. The smallest absolute Gasteiger partial charge is 0.0130 e. The molecule has 1 N–H and O–H groups in total. The fraction of sp³-hybridized carbons (Fsp3) is 0.600. The van der Waals surface area contributed by atoms with E-state index in [1.165, 1.54) is 28.4 Å². The fourth-order valence-corrected chi connectivity index (χ4v) is 2.53. The number of rotatable bonds is 5. The SMILES string of the molecule is CNC(CCCc1ccc(I)cc1)C(C)(C)C. The predicted molar refractivity (Wildman–Crippen MR) is 84.4 cm³/mol. The van der Waals surface area contributed by atoms with Crippen LogP contribution in [-0.2, 0) is 6.42 Å². The molecule has 0 spiro atoms. The molecule has 1 aromatic carbocycles. The van der Waals surface area contributed by atoms with Crippen molar-refractivity contribution in [2.75, 3.05) is 7.05 Å². The van der Waals surface area contributed by atoms with Gasteiger partial charge in [0.25, 0.3) is 0 Å². The largest absolute Gasteiger partial charge is 0.316 e. The molecule has 0 saturated carbocycles. The number of hydrogen-bond acceptors (Lipinski definition) is 1. The summed E-state index contributed by atoms with van der Waals surface area (Å²) in [6, 6.07) is 9.47. The van der Waals surface area contributed by atoms with E-state index in [1.54, 1.807) is 0 Å². The molecule has 96 valence electrons. The van der Waals surface area contributed by atoms with Gasteiger partial charge in [0.15, 0.2) is 0 Å². The lowest BCUT2D eigenvalue weighted by Gasteiger charge is -2.30. The Balaban J connectivity index is 2.39. The van der Waals surface area contributed by atoms with Crippen LogP contribution >= 0.6 is 22.6 Å². The highest BCUT2D eigenvalue weighted by molar-refractivity contribution is 14.1. The van der Waals surface area contributed by atoms with Crippen LogP contribution in [-0.4, -0.2) is 13.1 Å². The molecule has 1 aromatic rings. The van der Waals surface area contributed by atoms with Crippen molar-refractivity contribution in [1.29, 1.82) is 0 Å². The molecule has 2 heteroatoms. The van der Waals surface area contributed by atoms with E-state index in [-0.39, 0.29) is 0 Å². The molecule has 0 aromatic heterocycles. The number of aryl methyl sites for hydroxylation is 1. The second-order valence-electron chi connectivity index (χ2n) is 5.73. The monoisotopic (exact) mass is 345 g/mol. The Kier molecular flexibility index (Phi) is 5.93. The van der Waals surface area contributed by atoms with Gasteiger partial charge in [-0.25, -0.2) is 0 Å². The quantitative estimate of drug-likeness (QED) is 0.787. The first kappa shape index (κ1) is 15.0. The summed E-state index contributed by atoms with van der Waals surface area (Å²) in [5.74, 6) is 0. The van der Waals surface area contributed by atoms with Crippen molar-refractivity contribution in [3.8, 4) is 0 Å². The van der Waals surface area contributed by atoms with Gasteiger partial charge in [0.05, 0.1) is 0 Å². The van der Waals surface area contributed by atoms with Crippen molar-refractivity contribution in [3.05, 3.63) is 33.4 Å². The van der Waals surface area contributed by atoms with Crippen LogP contribution in [0.5, 0.6) is 0 Å². The Labute approximate surface area is 120 Å². The van der Waals surface area contributed by atoms with Gasteiger partial charge < -0.3 is 5.32 Å². The lowest BCUT2D eigenvalue weighted by Crippen LogP contribution is -2.37. The van der Waals surface area contributed by atoms with E-state index in [0.29, 0.717) is 11.5 Å². The highest BCUT2D eigenvalue weighted by Crippen LogP contribution is 2.23. The molecule has 1 atom stereocenters. The Morgan fingerprint density at radius 2 is 1.76 bits per heavy atom. The molecule has 0 radical (unpaired) electrons. The lowest BCUT2D eigenvalue weighted by molar-refractivity contribution is 0.263. The van der Waals surface area contributed by atoms with Gasteiger partial charge in [0.1, 0.15) is 0 Å². The number of hydrogen-bond donors (Lipinski definition) is 1. The maximum atomic E-state index is 3.44. The summed E-state index contributed by atoms with van der Waals surface area (Å²) in [5, 5.41) is 3.44. The molecule has 0 aliphatic carbocycles. The van der Waals surface area contributed by atoms with Gasteiger partial charge in [-0.2, -0.15) is 0 Å². The van der Waals surface area contributed by atoms with E-state index < -0.39 is 0 Å². The average Bonchev–Trinajstić information content (AvgIpc) is 2.25. The lowest BCUT2D eigenvalue weighted by atomic mass is 9.83. The van der Waals surface area contributed by atoms with Crippen molar-refractivity contribution in [2.24, 2.45) is 5.41 Å². The van der Waals surface area contributed by atoms with Gasteiger partial charge in [-0.3, -0.25) is 0 Å². The van der Waals surface area contributed by atoms with Crippen LogP contribution in [0.15, 0.2) is 24.3 Å². The minimum Gasteiger partial charge on any atom is -0.316 e. The molecule has 0 fully saturated rings. The van der Waals surface area contributed by atoms with Gasteiger partial charge in [-0.1, -0.05) is 32.9 Å². The molecule has 0 aliphatic rings. The third-order valence-electron chi connectivity index (χ3n) is 3.27. The van der Waals surface area contributed by atoms with Crippen LogP contribution in [0, 0.1) is 8.99 Å². The Hall–Kier alpha value is -0.0900. The summed E-state index contributed by atoms with van der Waals surface area (Å²) in [7, 11) is 2.07. The van der Waals surface area contributed by atoms with Crippen LogP contribution in [0.3, 0.4) is 0 Å².